The molecule has 1 aliphatic carbocycles. The molecule has 0 amide bonds. The molecular formula is C19H17ClO2. The van der Waals surface area contributed by atoms with Gasteiger partial charge in [0.15, 0.2) is 5.79 Å². The Morgan fingerprint density at radius 1 is 0.864 bits per heavy atom. The predicted molar refractivity (Wildman–Crippen MR) is 88.5 cm³/mol. The molecule has 0 unspecified atom stereocenters. The Hall–Kier alpha value is -1.87. The number of rotatable bonds is 3. The topological polar surface area (TPSA) is 40.5 Å². The molecule has 0 radical (unpaired) electrons. The number of hydrogen-bond acceptors (Lipinski definition) is 2. The van der Waals surface area contributed by atoms with Gasteiger partial charge in [-0.15, -0.1) is 11.6 Å². The highest BCUT2D eigenvalue weighted by Crippen LogP contribution is 2.45. The molecule has 0 saturated carbocycles. The third-order valence-electron chi connectivity index (χ3n) is 3.89. The van der Waals surface area contributed by atoms with Crippen molar-refractivity contribution in [1.29, 1.82) is 0 Å². The maximum atomic E-state index is 9.68. The summed E-state index contributed by atoms with van der Waals surface area (Å²) in [5.74, 6) is -1.80. The second kappa shape index (κ2) is 5.73. The van der Waals surface area contributed by atoms with E-state index in [2.05, 4.69) is 0 Å². The van der Waals surface area contributed by atoms with Crippen LogP contribution in [0.5, 0.6) is 0 Å². The minimum atomic E-state index is -1.80. The van der Waals surface area contributed by atoms with Gasteiger partial charge in [0.25, 0.3) is 0 Å². The SMILES string of the molecule is OC1(O)C=CC(C(Cl)(c2ccccc2)c2ccccc2)=CC1. The van der Waals surface area contributed by atoms with Crippen LogP contribution in [0.3, 0.4) is 0 Å². The van der Waals surface area contributed by atoms with E-state index in [4.69, 9.17) is 11.6 Å². The Bertz CT molecular complexity index is 663. The van der Waals surface area contributed by atoms with Gasteiger partial charge in [0, 0.05) is 6.42 Å². The van der Waals surface area contributed by atoms with E-state index in [-0.39, 0.29) is 6.42 Å². The summed E-state index contributed by atoms with van der Waals surface area (Å²) < 4.78 is 0. The summed E-state index contributed by atoms with van der Waals surface area (Å²) in [4.78, 5) is -0.852. The van der Waals surface area contributed by atoms with Gasteiger partial charge in [-0.2, -0.15) is 0 Å². The Morgan fingerprint density at radius 2 is 1.36 bits per heavy atom. The lowest BCUT2D eigenvalue weighted by Crippen LogP contribution is -2.30. The molecule has 0 atom stereocenters. The van der Waals surface area contributed by atoms with Crippen LogP contribution in [-0.4, -0.2) is 16.0 Å². The Morgan fingerprint density at radius 3 is 1.77 bits per heavy atom. The number of aliphatic hydroxyl groups is 2. The molecule has 2 aromatic carbocycles. The van der Waals surface area contributed by atoms with E-state index in [1.54, 1.807) is 12.2 Å². The lowest BCUT2D eigenvalue weighted by molar-refractivity contribution is -0.115. The molecule has 2 aromatic rings. The summed E-state index contributed by atoms with van der Waals surface area (Å²) >= 11 is 7.08. The average Bonchev–Trinajstić information content (AvgIpc) is 2.56. The third kappa shape index (κ3) is 2.73. The molecule has 0 fully saturated rings. The molecular weight excluding hydrogens is 296 g/mol. The first-order valence-corrected chi connectivity index (χ1v) is 7.55. The van der Waals surface area contributed by atoms with E-state index in [0.717, 1.165) is 16.7 Å². The zero-order chi connectivity index (χ0) is 15.6. The molecule has 2 N–H and O–H groups in total. The van der Waals surface area contributed by atoms with E-state index in [1.165, 1.54) is 6.08 Å². The monoisotopic (exact) mass is 312 g/mol. The number of alkyl halides is 1. The Kier molecular flexibility index (Phi) is 3.92. The normalized spacial score (nSPS) is 17.1. The van der Waals surface area contributed by atoms with Crippen LogP contribution in [0.15, 0.2) is 84.5 Å². The first-order valence-electron chi connectivity index (χ1n) is 7.17. The fourth-order valence-electron chi connectivity index (χ4n) is 2.71. The second-order valence-corrected chi connectivity index (χ2v) is 6.03. The molecule has 0 spiro atoms. The second-order valence-electron chi connectivity index (χ2n) is 5.47. The molecule has 0 aromatic heterocycles. The van der Waals surface area contributed by atoms with Crippen LogP contribution in [0.25, 0.3) is 0 Å². The first kappa shape index (κ1) is 15.0. The van der Waals surface area contributed by atoms with Gasteiger partial charge in [-0.05, 0) is 22.8 Å². The highest BCUT2D eigenvalue weighted by Gasteiger charge is 2.37. The minimum absolute atomic E-state index is 0.118. The Labute approximate surface area is 135 Å². The summed E-state index contributed by atoms with van der Waals surface area (Å²) in [6.07, 6.45) is 4.97. The third-order valence-corrected chi connectivity index (χ3v) is 4.55. The van der Waals surface area contributed by atoms with Gasteiger partial charge in [0.2, 0.25) is 0 Å². The molecule has 0 saturated heterocycles. The summed E-state index contributed by atoms with van der Waals surface area (Å²) in [5, 5.41) is 19.4. The van der Waals surface area contributed by atoms with E-state index in [0.29, 0.717) is 0 Å². The highest BCUT2D eigenvalue weighted by molar-refractivity contribution is 6.28. The fourth-order valence-corrected chi connectivity index (χ4v) is 3.10. The van der Waals surface area contributed by atoms with E-state index >= 15 is 0 Å². The molecule has 0 heterocycles. The van der Waals surface area contributed by atoms with Gasteiger partial charge in [0.05, 0.1) is 0 Å². The van der Waals surface area contributed by atoms with Gasteiger partial charge in [-0.3, -0.25) is 0 Å². The highest BCUT2D eigenvalue weighted by atomic mass is 35.5. The molecule has 3 heteroatoms. The summed E-state index contributed by atoms with van der Waals surface area (Å²) in [5.41, 5.74) is 2.73. The van der Waals surface area contributed by atoms with Crippen LogP contribution >= 0.6 is 11.6 Å². The quantitative estimate of drug-likeness (QED) is 0.669. The Balaban J connectivity index is 2.14. The molecule has 1 aliphatic rings. The molecule has 0 bridgehead atoms. The van der Waals surface area contributed by atoms with Crippen LogP contribution in [0.2, 0.25) is 0 Å². The van der Waals surface area contributed by atoms with Crippen molar-refractivity contribution in [3.63, 3.8) is 0 Å². The summed E-state index contributed by atoms with van der Waals surface area (Å²) in [7, 11) is 0. The van der Waals surface area contributed by atoms with E-state index in [9.17, 15) is 10.2 Å². The number of hydrogen-bond donors (Lipinski definition) is 2. The van der Waals surface area contributed by atoms with E-state index < -0.39 is 10.7 Å². The van der Waals surface area contributed by atoms with Crippen LogP contribution in [0, 0.1) is 0 Å². The van der Waals surface area contributed by atoms with Crippen molar-refractivity contribution in [2.45, 2.75) is 17.1 Å². The largest absolute Gasteiger partial charge is 0.362 e. The van der Waals surface area contributed by atoms with Gasteiger partial charge in [-0.25, -0.2) is 0 Å². The number of benzene rings is 2. The van der Waals surface area contributed by atoms with Crippen LogP contribution in [0.4, 0.5) is 0 Å². The molecule has 3 rings (SSSR count). The van der Waals surface area contributed by atoms with Gasteiger partial charge in [0.1, 0.15) is 4.87 Å². The summed E-state index contributed by atoms with van der Waals surface area (Å²) in [6, 6.07) is 19.6. The average molecular weight is 313 g/mol. The van der Waals surface area contributed by atoms with Gasteiger partial charge < -0.3 is 10.2 Å². The smallest absolute Gasteiger partial charge is 0.186 e. The van der Waals surface area contributed by atoms with Gasteiger partial charge >= 0.3 is 0 Å². The molecule has 112 valence electrons. The van der Waals surface area contributed by atoms with Gasteiger partial charge in [-0.1, -0.05) is 72.8 Å². The molecule has 0 aliphatic heterocycles. The standard InChI is InChI=1S/C19H17ClO2/c20-19(15-7-3-1-4-8-15,16-9-5-2-6-10-16)17-11-13-18(21,22)14-12-17/h1-13,21-22H,14H2. The lowest BCUT2D eigenvalue weighted by atomic mass is 9.81. The van der Waals surface area contributed by atoms with Crippen LogP contribution in [0.1, 0.15) is 17.5 Å². The van der Waals surface area contributed by atoms with Crippen LogP contribution in [-0.2, 0) is 4.87 Å². The fraction of sp³-hybridized carbons (Fsp3) is 0.158. The van der Waals surface area contributed by atoms with Crippen molar-refractivity contribution in [2.75, 3.05) is 0 Å². The molecule has 22 heavy (non-hydrogen) atoms. The van der Waals surface area contributed by atoms with Crippen molar-refractivity contribution < 1.29 is 10.2 Å². The summed E-state index contributed by atoms with van der Waals surface area (Å²) in [6.45, 7) is 0. The predicted octanol–water partition coefficient (Wildman–Crippen LogP) is 3.74. The first-order chi connectivity index (χ1) is 10.5. The lowest BCUT2D eigenvalue weighted by Gasteiger charge is -2.33. The zero-order valence-corrected chi connectivity index (χ0v) is 12.7. The van der Waals surface area contributed by atoms with Crippen LogP contribution < -0.4 is 0 Å². The number of allylic oxidation sites excluding steroid dienone is 2. The minimum Gasteiger partial charge on any atom is -0.362 e. The van der Waals surface area contributed by atoms with E-state index in [1.807, 2.05) is 60.7 Å². The van der Waals surface area contributed by atoms with Crippen molar-refractivity contribution in [3.8, 4) is 0 Å². The van der Waals surface area contributed by atoms with Crippen molar-refractivity contribution in [1.82, 2.24) is 0 Å². The van der Waals surface area contributed by atoms with Crippen molar-refractivity contribution in [3.05, 3.63) is 95.6 Å². The maximum Gasteiger partial charge on any atom is 0.186 e. The zero-order valence-electron chi connectivity index (χ0n) is 12.0. The van der Waals surface area contributed by atoms with Crippen molar-refractivity contribution in [2.24, 2.45) is 0 Å². The van der Waals surface area contributed by atoms with Crippen molar-refractivity contribution >= 4 is 11.6 Å². The number of halogens is 1. The molecule has 2 nitrogen and oxygen atoms in total. The maximum absolute atomic E-state index is 9.68.